The number of amides is 1. The number of carbonyl (C=O) groups excluding carboxylic acids is 1. The molecule has 1 atom stereocenters. The molecule has 1 unspecified atom stereocenters. The molecule has 3 N–H and O–H groups in total. The Bertz CT molecular complexity index is 405. The highest BCUT2D eigenvalue weighted by molar-refractivity contribution is 5.76. The molecule has 106 valence electrons. The van der Waals surface area contributed by atoms with Crippen LogP contribution >= 0.6 is 0 Å². The number of para-hydroxylation sites is 1. The predicted octanol–water partition coefficient (Wildman–Crippen LogP) is 2.25. The van der Waals surface area contributed by atoms with E-state index < -0.39 is 0 Å². The first-order valence-corrected chi connectivity index (χ1v) is 6.70. The summed E-state index contributed by atoms with van der Waals surface area (Å²) in [5, 5.41) is 3.04. The Morgan fingerprint density at radius 3 is 2.63 bits per heavy atom. The van der Waals surface area contributed by atoms with Crippen molar-refractivity contribution in [2.45, 2.75) is 32.7 Å². The Labute approximate surface area is 115 Å². The third-order valence-electron chi connectivity index (χ3n) is 2.93. The van der Waals surface area contributed by atoms with Crippen LogP contribution in [0.25, 0.3) is 0 Å². The number of nitrogens with two attached hydrogens (primary N) is 1. The van der Waals surface area contributed by atoms with Gasteiger partial charge in [0.1, 0.15) is 5.75 Å². The van der Waals surface area contributed by atoms with E-state index in [1.807, 2.05) is 24.3 Å². The van der Waals surface area contributed by atoms with Crippen LogP contribution in [0.3, 0.4) is 0 Å². The van der Waals surface area contributed by atoms with Crippen LogP contribution in [0.5, 0.6) is 5.75 Å². The number of rotatable bonds is 7. The lowest BCUT2D eigenvalue weighted by atomic mass is 9.96. The van der Waals surface area contributed by atoms with E-state index in [4.69, 9.17) is 10.5 Å². The number of benzene rings is 1. The van der Waals surface area contributed by atoms with Crippen molar-refractivity contribution in [2.24, 2.45) is 11.7 Å². The lowest BCUT2D eigenvalue weighted by molar-refractivity contribution is -0.121. The molecule has 1 aromatic rings. The number of ether oxygens (including phenoxy) is 1. The predicted molar refractivity (Wildman–Crippen MR) is 77.0 cm³/mol. The second-order valence-corrected chi connectivity index (χ2v) is 5.03. The molecule has 0 aromatic heterocycles. The van der Waals surface area contributed by atoms with Gasteiger partial charge in [0.2, 0.25) is 5.91 Å². The first-order valence-electron chi connectivity index (χ1n) is 6.70. The minimum Gasteiger partial charge on any atom is -0.496 e. The molecule has 0 spiro atoms. The van der Waals surface area contributed by atoms with E-state index in [9.17, 15) is 4.79 Å². The maximum Gasteiger partial charge on any atom is 0.221 e. The fourth-order valence-electron chi connectivity index (χ4n) is 2.09. The summed E-state index contributed by atoms with van der Waals surface area (Å²) in [5.41, 5.74) is 6.43. The van der Waals surface area contributed by atoms with Crippen LogP contribution in [0.4, 0.5) is 0 Å². The molecular formula is C15H24N2O2. The average molecular weight is 264 g/mol. The van der Waals surface area contributed by atoms with Crippen LogP contribution in [0.2, 0.25) is 0 Å². The van der Waals surface area contributed by atoms with Crippen molar-refractivity contribution < 1.29 is 9.53 Å². The Hall–Kier alpha value is -1.55. The fraction of sp³-hybridized carbons (Fsp3) is 0.533. The zero-order valence-corrected chi connectivity index (χ0v) is 12.0. The number of nitrogens with one attached hydrogen (secondary N) is 1. The van der Waals surface area contributed by atoms with Gasteiger partial charge in [-0.25, -0.2) is 0 Å². The molecule has 1 aromatic carbocycles. The lowest BCUT2D eigenvalue weighted by Crippen LogP contribution is -2.31. The Kier molecular flexibility index (Phi) is 6.36. The van der Waals surface area contributed by atoms with Crippen molar-refractivity contribution >= 4 is 5.91 Å². The Morgan fingerprint density at radius 1 is 1.37 bits per heavy atom. The minimum atomic E-state index is -0.0322. The van der Waals surface area contributed by atoms with Gasteiger partial charge in [0.05, 0.1) is 13.2 Å². The summed E-state index contributed by atoms with van der Waals surface area (Å²) in [6.45, 7) is 4.64. The van der Waals surface area contributed by atoms with Crippen LogP contribution in [0, 0.1) is 5.92 Å². The molecule has 19 heavy (non-hydrogen) atoms. The van der Waals surface area contributed by atoms with Crippen molar-refractivity contribution in [3.63, 3.8) is 0 Å². The normalized spacial score (nSPS) is 12.3. The van der Waals surface area contributed by atoms with E-state index in [1.54, 1.807) is 7.11 Å². The second-order valence-electron chi connectivity index (χ2n) is 5.03. The van der Waals surface area contributed by atoms with Crippen LogP contribution in [-0.4, -0.2) is 19.6 Å². The van der Waals surface area contributed by atoms with E-state index in [0.717, 1.165) is 17.7 Å². The van der Waals surface area contributed by atoms with Crippen molar-refractivity contribution in [3.8, 4) is 5.75 Å². The molecule has 0 saturated carbocycles. The number of hydrogen-bond acceptors (Lipinski definition) is 3. The maximum absolute atomic E-state index is 11.8. The summed E-state index contributed by atoms with van der Waals surface area (Å²) in [6.07, 6.45) is 1.22. The molecule has 0 heterocycles. The first-order chi connectivity index (χ1) is 9.08. The minimum absolute atomic E-state index is 0.0148. The summed E-state index contributed by atoms with van der Waals surface area (Å²) >= 11 is 0. The van der Waals surface area contributed by atoms with E-state index in [1.165, 1.54) is 0 Å². The molecule has 0 radical (unpaired) electrons. The second kappa shape index (κ2) is 7.79. The molecule has 0 saturated heterocycles. The number of methoxy groups -OCH3 is 1. The lowest BCUT2D eigenvalue weighted by Gasteiger charge is -2.23. The van der Waals surface area contributed by atoms with Gasteiger partial charge in [-0.15, -0.1) is 0 Å². The quantitative estimate of drug-likeness (QED) is 0.794. The van der Waals surface area contributed by atoms with E-state index in [-0.39, 0.29) is 11.9 Å². The largest absolute Gasteiger partial charge is 0.496 e. The van der Waals surface area contributed by atoms with E-state index >= 15 is 0 Å². The summed E-state index contributed by atoms with van der Waals surface area (Å²) in [4.78, 5) is 11.8. The van der Waals surface area contributed by atoms with Crippen LogP contribution in [-0.2, 0) is 4.79 Å². The fourth-order valence-corrected chi connectivity index (χ4v) is 2.09. The van der Waals surface area contributed by atoms with E-state index in [0.29, 0.717) is 18.9 Å². The van der Waals surface area contributed by atoms with Crippen LogP contribution in [0.15, 0.2) is 24.3 Å². The van der Waals surface area contributed by atoms with Gasteiger partial charge in [0, 0.05) is 18.5 Å². The van der Waals surface area contributed by atoms with Gasteiger partial charge < -0.3 is 15.8 Å². The highest BCUT2D eigenvalue weighted by Gasteiger charge is 2.19. The van der Waals surface area contributed by atoms with Gasteiger partial charge in [0.25, 0.3) is 0 Å². The van der Waals surface area contributed by atoms with Gasteiger partial charge >= 0.3 is 0 Å². The summed E-state index contributed by atoms with van der Waals surface area (Å²) in [7, 11) is 1.65. The van der Waals surface area contributed by atoms with Gasteiger partial charge in [-0.2, -0.15) is 0 Å². The topological polar surface area (TPSA) is 64.3 Å². The zero-order valence-electron chi connectivity index (χ0n) is 12.0. The summed E-state index contributed by atoms with van der Waals surface area (Å²) < 4.78 is 5.37. The first kappa shape index (κ1) is 15.5. The molecule has 0 aliphatic carbocycles. The van der Waals surface area contributed by atoms with Crippen molar-refractivity contribution in [3.05, 3.63) is 29.8 Å². The van der Waals surface area contributed by atoms with Crippen LogP contribution < -0.4 is 15.8 Å². The monoisotopic (exact) mass is 264 g/mol. The third-order valence-corrected chi connectivity index (χ3v) is 2.93. The highest BCUT2D eigenvalue weighted by atomic mass is 16.5. The van der Waals surface area contributed by atoms with Crippen molar-refractivity contribution in [1.29, 1.82) is 0 Å². The maximum atomic E-state index is 11.8. The number of carbonyl (C=O) groups is 1. The van der Waals surface area contributed by atoms with Gasteiger partial charge in [-0.3, -0.25) is 4.79 Å². The summed E-state index contributed by atoms with van der Waals surface area (Å²) in [5.74, 6) is 1.27. The molecule has 0 aliphatic rings. The number of hydrogen-bond donors (Lipinski definition) is 2. The van der Waals surface area contributed by atoms with Crippen LogP contribution in [0.1, 0.15) is 38.3 Å². The molecule has 1 rings (SSSR count). The smallest absolute Gasteiger partial charge is 0.221 e. The zero-order chi connectivity index (χ0) is 14.3. The molecule has 0 bridgehead atoms. The Morgan fingerprint density at radius 2 is 2.05 bits per heavy atom. The van der Waals surface area contributed by atoms with E-state index in [2.05, 4.69) is 19.2 Å². The van der Waals surface area contributed by atoms with Gasteiger partial charge in [0.15, 0.2) is 0 Å². The summed E-state index contributed by atoms with van der Waals surface area (Å²) in [6, 6.07) is 7.76. The van der Waals surface area contributed by atoms with Crippen molar-refractivity contribution in [1.82, 2.24) is 5.32 Å². The third kappa shape index (κ3) is 4.91. The molecular weight excluding hydrogens is 240 g/mol. The standard InChI is InChI=1S/C15H24N2O2/c1-11(2)10-13(17-15(18)8-9-16)12-6-4-5-7-14(12)19-3/h4-7,11,13H,8-10,16H2,1-3H3,(H,17,18). The molecule has 0 fully saturated rings. The molecule has 4 heteroatoms. The molecule has 1 amide bonds. The molecule has 0 aliphatic heterocycles. The van der Waals surface area contributed by atoms with Gasteiger partial charge in [-0.05, 0) is 18.4 Å². The Balaban J connectivity index is 2.92. The molecule has 4 nitrogen and oxygen atoms in total. The van der Waals surface area contributed by atoms with Crippen molar-refractivity contribution in [2.75, 3.05) is 13.7 Å². The average Bonchev–Trinajstić information content (AvgIpc) is 2.37. The SMILES string of the molecule is COc1ccccc1C(CC(C)C)NC(=O)CCN. The van der Waals surface area contributed by atoms with Gasteiger partial charge in [-0.1, -0.05) is 32.0 Å². The highest BCUT2D eigenvalue weighted by Crippen LogP contribution is 2.29.